The summed E-state index contributed by atoms with van der Waals surface area (Å²) in [6.45, 7) is 9.08. The molecule has 0 saturated carbocycles. The molecule has 1 aromatic carbocycles. The molecule has 1 aliphatic heterocycles. The molecule has 3 aromatic rings. The molecule has 8 heteroatoms. The van der Waals surface area contributed by atoms with Gasteiger partial charge >= 0.3 is 0 Å². The molecule has 1 saturated heterocycles. The predicted molar refractivity (Wildman–Crippen MR) is 123 cm³/mol. The van der Waals surface area contributed by atoms with Crippen molar-refractivity contribution in [2.24, 2.45) is 5.92 Å². The third kappa shape index (κ3) is 3.86. The van der Waals surface area contributed by atoms with Gasteiger partial charge in [-0.2, -0.15) is 0 Å². The second-order valence-corrected chi connectivity index (χ2v) is 9.49. The summed E-state index contributed by atoms with van der Waals surface area (Å²) < 4.78 is 16.6. The fourth-order valence-corrected chi connectivity index (χ4v) is 4.29. The van der Waals surface area contributed by atoms with Crippen LogP contribution in [0, 0.1) is 11.7 Å². The van der Waals surface area contributed by atoms with Crippen molar-refractivity contribution in [1.29, 1.82) is 0 Å². The summed E-state index contributed by atoms with van der Waals surface area (Å²) in [7, 11) is 0. The molecule has 1 fully saturated rings. The van der Waals surface area contributed by atoms with E-state index in [9.17, 15) is 14.0 Å². The van der Waals surface area contributed by atoms with E-state index in [2.05, 4.69) is 24.1 Å². The minimum absolute atomic E-state index is 0.193. The molecule has 1 N–H and O–H groups in total. The van der Waals surface area contributed by atoms with Crippen LogP contribution in [0.1, 0.15) is 38.2 Å². The van der Waals surface area contributed by atoms with Crippen LogP contribution in [-0.2, 0) is 11.3 Å². The third-order valence-corrected chi connectivity index (χ3v) is 6.06. The monoisotopic (exact) mass is 456 g/mol. The number of nitrogens with one attached hydrogen (secondary N) is 1. The van der Waals surface area contributed by atoms with Crippen molar-refractivity contribution in [3.8, 4) is 11.1 Å². The molecule has 2 aromatic heterocycles. The van der Waals surface area contributed by atoms with Gasteiger partial charge in [-0.05, 0) is 50.1 Å². The topological polar surface area (TPSA) is 67.2 Å². The highest BCUT2D eigenvalue weighted by atomic mass is 35.5. The Hall–Kier alpha value is -2.93. The molecule has 32 heavy (non-hydrogen) atoms. The molecule has 2 amide bonds. The first-order valence-corrected chi connectivity index (χ1v) is 11.0. The largest absolute Gasteiger partial charge is 0.352 e. The number of piperazine rings is 1. The molecule has 4 rings (SSSR count). The van der Waals surface area contributed by atoms with Crippen molar-refractivity contribution in [1.82, 2.24) is 19.8 Å². The van der Waals surface area contributed by atoms with Gasteiger partial charge in [-0.15, -0.1) is 0 Å². The van der Waals surface area contributed by atoms with Crippen LogP contribution in [0.4, 0.5) is 4.39 Å². The van der Waals surface area contributed by atoms with E-state index in [-0.39, 0.29) is 17.5 Å². The van der Waals surface area contributed by atoms with Gasteiger partial charge in [0.05, 0.1) is 0 Å². The number of carbonyl (C=O) groups is 2. The summed E-state index contributed by atoms with van der Waals surface area (Å²) in [5.41, 5.74) is 1.01. The van der Waals surface area contributed by atoms with E-state index in [0.717, 1.165) is 5.39 Å². The summed E-state index contributed by atoms with van der Waals surface area (Å²) >= 11 is 5.93. The van der Waals surface area contributed by atoms with Crippen molar-refractivity contribution < 1.29 is 14.0 Å². The van der Waals surface area contributed by atoms with Crippen LogP contribution in [0.5, 0.6) is 0 Å². The predicted octanol–water partition coefficient (Wildman–Crippen LogP) is 4.50. The Balaban J connectivity index is 1.82. The van der Waals surface area contributed by atoms with Crippen molar-refractivity contribution in [2.75, 3.05) is 13.1 Å². The normalized spacial score (nSPS) is 16.0. The Morgan fingerprint density at radius 1 is 1.25 bits per heavy atom. The molecule has 6 nitrogen and oxygen atoms in total. The summed E-state index contributed by atoms with van der Waals surface area (Å²) in [4.78, 5) is 31.8. The van der Waals surface area contributed by atoms with Crippen molar-refractivity contribution >= 4 is 34.4 Å². The Morgan fingerprint density at radius 3 is 2.69 bits per heavy atom. The SMILES string of the molecule is CC(C)Cn1cc(-c2ccc(Cl)cc2F)c2ccc(C(=O)N3CCNC(=O)C3(C)C)nc21. The first-order valence-electron chi connectivity index (χ1n) is 10.6. The number of nitrogens with zero attached hydrogens (tertiary/aromatic N) is 3. The number of aromatic nitrogens is 2. The maximum absolute atomic E-state index is 14.7. The van der Waals surface area contributed by atoms with Crippen LogP contribution < -0.4 is 5.32 Å². The average Bonchev–Trinajstić information content (AvgIpc) is 3.06. The third-order valence-electron chi connectivity index (χ3n) is 5.82. The molecule has 0 aliphatic carbocycles. The summed E-state index contributed by atoms with van der Waals surface area (Å²) in [5, 5.41) is 3.88. The van der Waals surface area contributed by atoms with E-state index < -0.39 is 11.4 Å². The van der Waals surface area contributed by atoms with Gasteiger partial charge in [0.1, 0.15) is 22.7 Å². The molecule has 1 aliphatic rings. The highest BCUT2D eigenvalue weighted by molar-refractivity contribution is 6.30. The van der Waals surface area contributed by atoms with Crippen LogP contribution in [0.2, 0.25) is 5.02 Å². The number of fused-ring (bicyclic) bond motifs is 1. The van der Waals surface area contributed by atoms with Gasteiger partial charge in [-0.25, -0.2) is 9.37 Å². The number of halogens is 2. The molecule has 0 spiro atoms. The number of benzene rings is 1. The lowest BCUT2D eigenvalue weighted by molar-refractivity contribution is -0.133. The summed E-state index contributed by atoms with van der Waals surface area (Å²) in [6, 6.07) is 8.04. The minimum Gasteiger partial charge on any atom is -0.352 e. The molecule has 0 unspecified atom stereocenters. The molecule has 168 valence electrons. The van der Waals surface area contributed by atoms with Gasteiger partial charge in [-0.3, -0.25) is 9.59 Å². The lowest BCUT2D eigenvalue weighted by atomic mass is 9.98. The van der Waals surface area contributed by atoms with Gasteiger partial charge in [0, 0.05) is 47.4 Å². The maximum atomic E-state index is 14.7. The second-order valence-electron chi connectivity index (χ2n) is 9.05. The Kier molecular flexibility index (Phi) is 5.71. The summed E-state index contributed by atoms with van der Waals surface area (Å²) in [5.74, 6) is -0.591. The van der Waals surface area contributed by atoms with Crippen LogP contribution in [0.15, 0.2) is 36.5 Å². The molecule has 3 heterocycles. The number of rotatable bonds is 4. The number of carbonyl (C=O) groups excluding carboxylic acids is 2. The summed E-state index contributed by atoms with van der Waals surface area (Å²) in [6.07, 6.45) is 1.87. The van der Waals surface area contributed by atoms with Crippen molar-refractivity contribution in [2.45, 2.75) is 39.8 Å². The Labute approximate surface area is 191 Å². The molecule has 0 radical (unpaired) electrons. The molecular formula is C24H26ClFN4O2. The number of amides is 2. The van der Waals surface area contributed by atoms with Crippen molar-refractivity contribution in [3.63, 3.8) is 0 Å². The van der Waals surface area contributed by atoms with E-state index in [1.165, 1.54) is 6.07 Å². The van der Waals surface area contributed by atoms with E-state index in [0.29, 0.717) is 47.3 Å². The fourth-order valence-electron chi connectivity index (χ4n) is 4.13. The first kappa shape index (κ1) is 22.3. The highest BCUT2D eigenvalue weighted by Crippen LogP contribution is 2.33. The molecular weight excluding hydrogens is 431 g/mol. The fraction of sp³-hybridized carbons (Fsp3) is 0.375. The number of hydrogen-bond acceptors (Lipinski definition) is 3. The Morgan fingerprint density at radius 2 is 2.00 bits per heavy atom. The van der Waals surface area contributed by atoms with Crippen LogP contribution in [-0.4, -0.2) is 44.9 Å². The average molecular weight is 457 g/mol. The zero-order valence-electron chi connectivity index (χ0n) is 18.6. The van der Waals surface area contributed by atoms with Gasteiger partial charge in [0.25, 0.3) is 5.91 Å². The van der Waals surface area contributed by atoms with E-state index >= 15 is 0 Å². The van der Waals surface area contributed by atoms with Gasteiger partial charge < -0.3 is 14.8 Å². The maximum Gasteiger partial charge on any atom is 0.273 e. The van der Waals surface area contributed by atoms with E-state index in [1.54, 1.807) is 43.0 Å². The zero-order valence-corrected chi connectivity index (χ0v) is 19.3. The molecule has 0 bridgehead atoms. The quantitative estimate of drug-likeness (QED) is 0.628. The number of pyridine rings is 1. The molecule has 0 atom stereocenters. The van der Waals surface area contributed by atoms with E-state index in [4.69, 9.17) is 11.6 Å². The minimum atomic E-state index is -0.969. The standard InChI is InChI=1S/C24H26ClFN4O2/c1-14(2)12-29-13-18(16-6-5-15(25)11-19(16)26)17-7-8-20(28-21(17)29)22(31)30-10-9-27-23(32)24(30,3)4/h5-8,11,13-14H,9-10,12H2,1-4H3,(H,27,32). The van der Waals surface area contributed by atoms with Crippen LogP contribution in [0.3, 0.4) is 0 Å². The zero-order chi connectivity index (χ0) is 23.2. The van der Waals surface area contributed by atoms with Crippen LogP contribution in [0.25, 0.3) is 22.2 Å². The number of hydrogen-bond donors (Lipinski definition) is 1. The lowest BCUT2D eigenvalue weighted by Gasteiger charge is -2.40. The Bertz CT molecular complexity index is 1220. The van der Waals surface area contributed by atoms with Gasteiger partial charge in [0.15, 0.2) is 0 Å². The highest BCUT2D eigenvalue weighted by Gasteiger charge is 2.41. The van der Waals surface area contributed by atoms with Gasteiger partial charge in [-0.1, -0.05) is 25.4 Å². The van der Waals surface area contributed by atoms with E-state index in [1.807, 2.05) is 10.8 Å². The van der Waals surface area contributed by atoms with Crippen LogP contribution >= 0.6 is 11.6 Å². The first-order chi connectivity index (χ1) is 15.1. The lowest BCUT2D eigenvalue weighted by Crippen LogP contribution is -2.63. The van der Waals surface area contributed by atoms with Gasteiger partial charge in [0.2, 0.25) is 5.91 Å². The second kappa shape index (κ2) is 8.20. The smallest absolute Gasteiger partial charge is 0.273 e. The van der Waals surface area contributed by atoms with Crippen molar-refractivity contribution in [3.05, 3.63) is 53.1 Å².